The monoisotopic (exact) mass is 148 g/mol. The average molecular weight is 148 g/mol. The lowest BCUT2D eigenvalue weighted by molar-refractivity contribution is 0.670. The van der Waals surface area contributed by atoms with Crippen molar-refractivity contribution >= 4 is 5.69 Å². The van der Waals surface area contributed by atoms with Crippen LogP contribution in [-0.4, -0.2) is 5.54 Å². The number of benzene rings is 1. The van der Waals surface area contributed by atoms with E-state index in [-0.39, 0.29) is 5.54 Å². The van der Waals surface area contributed by atoms with Gasteiger partial charge in [-0.25, -0.2) is 0 Å². The Morgan fingerprint density at radius 1 is 1.00 bits per heavy atom. The van der Waals surface area contributed by atoms with E-state index in [1.165, 1.54) is 0 Å². The summed E-state index contributed by atoms with van der Waals surface area (Å²) in [5.74, 6) is 0. The number of rotatable bonds is 1. The normalized spacial score (nSPS) is 11.2. The van der Waals surface area contributed by atoms with Gasteiger partial charge in [-0.1, -0.05) is 51.1 Å². The Kier molecular flexibility index (Phi) is 2.18. The van der Waals surface area contributed by atoms with Gasteiger partial charge in [0.15, 0.2) is 0 Å². The zero-order valence-corrected chi connectivity index (χ0v) is 7.33. The fourth-order valence-electron chi connectivity index (χ4n) is 0.890. The first-order chi connectivity index (χ1) is 5.08. The third-order valence-electron chi connectivity index (χ3n) is 1.22. The first-order valence-electron chi connectivity index (χ1n) is 3.86. The van der Waals surface area contributed by atoms with Crippen molar-refractivity contribution in [3.8, 4) is 0 Å². The molecule has 1 aromatic rings. The summed E-state index contributed by atoms with van der Waals surface area (Å²) in [4.78, 5) is 0. The molecule has 0 atom stereocenters. The molecule has 0 aromatic heterocycles. The van der Waals surface area contributed by atoms with Crippen molar-refractivity contribution in [3.63, 3.8) is 0 Å². The lowest BCUT2D eigenvalue weighted by Crippen LogP contribution is -2.09. The van der Waals surface area contributed by atoms with E-state index in [9.17, 15) is 0 Å². The molecule has 11 heavy (non-hydrogen) atoms. The van der Waals surface area contributed by atoms with E-state index in [4.69, 9.17) is 0 Å². The molecule has 0 heterocycles. The Hall–Kier alpha value is -0.980. The second-order valence-corrected chi connectivity index (χ2v) is 3.62. The molecule has 0 aliphatic carbocycles. The summed E-state index contributed by atoms with van der Waals surface area (Å²) < 4.78 is 0. The molecular weight excluding hydrogens is 134 g/mol. The highest BCUT2D eigenvalue weighted by Gasteiger charge is 1.94. The van der Waals surface area contributed by atoms with Crippen molar-refractivity contribution in [3.05, 3.63) is 35.6 Å². The highest BCUT2D eigenvalue weighted by atomic mass is 14.9. The zero-order valence-electron chi connectivity index (χ0n) is 7.33. The van der Waals surface area contributed by atoms with E-state index in [1.54, 1.807) is 0 Å². The van der Waals surface area contributed by atoms with Crippen LogP contribution in [0.1, 0.15) is 20.8 Å². The van der Waals surface area contributed by atoms with Gasteiger partial charge in [0.1, 0.15) is 0 Å². The molecule has 0 unspecified atom stereocenters. The van der Waals surface area contributed by atoms with E-state index < -0.39 is 0 Å². The lowest BCUT2D eigenvalue weighted by atomic mass is 10.1. The molecule has 0 saturated heterocycles. The van der Waals surface area contributed by atoms with Crippen LogP contribution in [0.4, 0.5) is 5.69 Å². The molecule has 0 aliphatic heterocycles. The predicted molar refractivity (Wildman–Crippen MR) is 49.2 cm³/mol. The van der Waals surface area contributed by atoms with Crippen LogP contribution in [0.3, 0.4) is 0 Å². The summed E-state index contributed by atoms with van der Waals surface area (Å²) in [6, 6.07) is 10.0. The molecule has 0 N–H and O–H groups in total. The van der Waals surface area contributed by atoms with Gasteiger partial charge in [0.25, 0.3) is 0 Å². The molecule has 0 fully saturated rings. The van der Waals surface area contributed by atoms with E-state index in [1.807, 2.05) is 30.3 Å². The van der Waals surface area contributed by atoms with Crippen LogP contribution in [-0.2, 0) is 0 Å². The zero-order chi connectivity index (χ0) is 8.32. The maximum Gasteiger partial charge on any atom is -0.0624 e. The van der Waals surface area contributed by atoms with Gasteiger partial charge in [-0.15, -0.1) is 11.2 Å². The number of hydrogen-bond donors (Lipinski definition) is 0. The van der Waals surface area contributed by atoms with Crippen LogP contribution in [0.15, 0.2) is 30.3 Å². The third-order valence-corrected chi connectivity index (χ3v) is 1.22. The van der Waals surface area contributed by atoms with E-state index >= 15 is 0 Å². The van der Waals surface area contributed by atoms with Crippen molar-refractivity contribution in [1.82, 2.24) is 0 Å². The Balaban J connectivity index is 2.66. The Labute approximate surface area is 68.4 Å². The predicted octanol–water partition coefficient (Wildman–Crippen LogP) is 3.49. The lowest BCUT2D eigenvalue weighted by Gasteiger charge is -2.37. The standard InChI is InChI=1S/C10H14N/c1-10(2,3)11-9-7-5-4-6-8-9/h4-8H,1-3H3/q-1. The van der Waals surface area contributed by atoms with Crippen LogP contribution in [0.2, 0.25) is 0 Å². The summed E-state index contributed by atoms with van der Waals surface area (Å²) in [7, 11) is 0. The molecule has 60 valence electrons. The highest BCUT2D eigenvalue weighted by molar-refractivity contribution is 5.50. The van der Waals surface area contributed by atoms with E-state index in [0.29, 0.717) is 0 Å². The highest BCUT2D eigenvalue weighted by Crippen LogP contribution is 2.26. The topological polar surface area (TPSA) is 14.1 Å². The van der Waals surface area contributed by atoms with E-state index in [0.717, 1.165) is 5.69 Å². The quantitative estimate of drug-likeness (QED) is 0.578. The first kappa shape index (κ1) is 8.12. The molecule has 0 bridgehead atoms. The molecule has 1 heteroatoms. The minimum atomic E-state index is 0.0291. The molecule has 0 aliphatic rings. The molecule has 1 rings (SSSR count). The Morgan fingerprint density at radius 2 is 1.55 bits per heavy atom. The van der Waals surface area contributed by atoms with Crippen LogP contribution >= 0.6 is 0 Å². The second-order valence-electron chi connectivity index (χ2n) is 3.62. The van der Waals surface area contributed by atoms with Crippen LogP contribution < -0.4 is 0 Å². The fraction of sp³-hybridized carbons (Fsp3) is 0.400. The fourth-order valence-corrected chi connectivity index (χ4v) is 0.890. The summed E-state index contributed by atoms with van der Waals surface area (Å²) in [6.07, 6.45) is 0. The molecule has 0 spiro atoms. The summed E-state index contributed by atoms with van der Waals surface area (Å²) in [5, 5.41) is 4.49. The largest absolute Gasteiger partial charge is 0.680 e. The van der Waals surface area contributed by atoms with Gasteiger partial charge < -0.3 is 5.32 Å². The molecule has 1 aromatic carbocycles. The number of hydrogen-bond acceptors (Lipinski definition) is 0. The smallest absolute Gasteiger partial charge is 0.0624 e. The summed E-state index contributed by atoms with van der Waals surface area (Å²) in [5.41, 5.74) is 1.08. The maximum atomic E-state index is 4.49. The first-order valence-corrected chi connectivity index (χ1v) is 3.86. The molecular formula is C10H14N-. The summed E-state index contributed by atoms with van der Waals surface area (Å²) >= 11 is 0. The summed E-state index contributed by atoms with van der Waals surface area (Å²) in [6.45, 7) is 6.29. The molecule has 1 nitrogen and oxygen atoms in total. The van der Waals surface area contributed by atoms with Gasteiger partial charge in [-0.3, -0.25) is 0 Å². The van der Waals surface area contributed by atoms with Gasteiger partial charge in [0.05, 0.1) is 0 Å². The maximum absolute atomic E-state index is 4.49. The SMILES string of the molecule is CC(C)(C)[N-]c1ccccc1. The van der Waals surface area contributed by atoms with Crippen molar-refractivity contribution in [2.24, 2.45) is 0 Å². The van der Waals surface area contributed by atoms with Gasteiger partial charge in [0, 0.05) is 0 Å². The molecule has 0 radical (unpaired) electrons. The van der Waals surface area contributed by atoms with Gasteiger partial charge >= 0.3 is 0 Å². The number of nitrogens with zero attached hydrogens (tertiary/aromatic N) is 1. The van der Waals surface area contributed by atoms with Crippen molar-refractivity contribution in [1.29, 1.82) is 0 Å². The van der Waals surface area contributed by atoms with Crippen LogP contribution in [0.5, 0.6) is 0 Å². The van der Waals surface area contributed by atoms with Gasteiger partial charge in [0.2, 0.25) is 0 Å². The van der Waals surface area contributed by atoms with Gasteiger partial charge in [-0.05, 0) is 0 Å². The molecule has 0 saturated carbocycles. The Bertz CT molecular complexity index is 208. The van der Waals surface area contributed by atoms with Crippen LogP contribution in [0.25, 0.3) is 5.32 Å². The minimum absolute atomic E-state index is 0.0291. The van der Waals surface area contributed by atoms with Crippen molar-refractivity contribution in [2.45, 2.75) is 26.3 Å². The van der Waals surface area contributed by atoms with Gasteiger partial charge in [-0.2, -0.15) is 0 Å². The van der Waals surface area contributed by atoms with Crippen molar-refractivity contribution < 1.29 is 0 Å². The Morgan fingerprint density at radius 3 is 2.00 bits per heavy atom. The third kappa shape index (κ3) is 3.08. The average Bonchev–Trinajstić information content (AvgIpc) is 1.85. The van der Waals surface area contributed by atoms with E-state index in [2.05, 4.69) is 26.1 Å². The van der Waals surface area contributed by atoms with Crippen molar-refractivity contribution in [2.75, 3.05) is 0 Å². The molecule has 0 amide bonds. The number of para-hydroxylation sites is 1. The second kappa shape index (κ2) is 2.95. The van der Waals surface area contributed by atoms with Crippen LogP contribution in [0, 0.1) is 0 Å². The minimum Gasteiger partial charge on any atom is -0.680 e.